The van der Waals surface area contributed by atoms with Gasteiger partial charge >= 0.3 is 0 Å². The van der Waals surface area contributed by atoms with Crippen LogP contribution in [0, 0.1) is 0 Å². The zero-order valence-corrected chi connectivity index (χ0v) is 7.55. The third-order valence-electron chi connectivity index (χ3n) is 1.74. The first-order chi connectivity index (χ1) is 6.68. The number of hydrogen-bond donors (Lipinski definition) is 2. The van der Waals surface area contributed by atoms with Gasteiger partial charge in [-0.2, -0.15) is 4.98 Å². The summed E-state index contributed by atoms with van der Waals surface area (Å²) in [6.45, 7) is 0. The Kier molecular flexibility index (Phi) is 1.77. The first kappa shape index (κ1) is 8.42. The Bertz CT molecular complexity index is 441. The van der Waals surface area contributed by atoms with Gasteiger partial charge in [0, 0.05) is 19.4 Å². The average molecular weight is 191 g/mol. The van der Waals surface area contributed by atoms with Crippen molar-refractivity contribution in [3.05, 3.63) is 12.4 Å². The van der Waals surface area contributed by atoms with Gasteiger partial charge in [-0.1, -0.05) is 0 Å². The molecule has 0 saturated carbocycles. The number of anilines is 2. The topological polar surface area (TPSA) is 109 Å². The van der Waals surface area contributed by atoms with Crippen LogP contribution in [0.5, 0.6) is 0 Å². The van der Waals surface area contributed by atoms with Crippen molar-refractivity contribution in [3.8, 4) is 11.5 Å². The third kappa shape index (κ3) is 1.24. The number of nitrogen functional groups attached to an aromatic ring is 2. The van der Waals surface area contributed by atoms with E-state index in [1.54, 1.807) is 7.05 Å². The molecule has 0 saturated heterocycles. The van der Waals surface area contributed by atoms with E-state index in [1.165, 1.54) is 17.1 Å². The van der Waals surface area contributed by atoms with E-state index in [1.807, 2.05) is 0 Å². The minimum atomic E-state index is 0.290. The zero-order chi connectivity index (χ0) is 10.1. The Morgan fingerprint density at radius 2 is 1.93 bits per heavy atom. The lowest BCUT2D eigenvalue weighted by atomic mass is 10.4. The summed E-state index contributed by atoms with van der Waals surface area (Å²) in [6, 6.07) is 0. The van der Waals surface area contributed by atoms with Crippen LogP contribution in [0.15, 0.2) is 12.4 Å². The van der Waals surface area contributed by atoms with Crippen LogP contribution in [0.2, 0.25) is 0 Å². The summed E-state index contributed by atoms with van der Waals surface area (Å²) >= 11 is 0. The fourth-order valence-corrected chi connectivity index (χ4v) is 1.02. The first-order valence-corrected chi connectivity index (χ1v) is 3.92. The van der Waals surface area contributed by atoms with Gasteiger partial charge < -0.3 is 11.5 Å². The molecule has 0 aliphatic carbocycles. The monoisotopic (exact) mass is 191 g/mol. The van der Waals surface area contributed by atoms with Crippen LogP contribution in [0.25, 0.3) is 11.5 Å². The fourth-order valence-electron chi connectivity index (χ4n) is 1.02. The molecule has 0 aliphatic heterocycles. The number of nitrogens with zero attached hydrogens (tertiary/aromatic N) is 5. The average Bonchev–Trinajstić information content (AvgIpc) is 2.48. The molecular formula is C7H9N7. The molecule has 0 spiro atoms. The van der Waals surface area contributed by atoms with Gasteiger partial charge in [-0.05, 0) is 0 Å². The molecule has 2 aromatic rings. The summed E-state index contributed by atoms with van der Waals surface area (Å²) in [7, 11) is 1.69. The highest BCUT2D eigenvalue weighted by Gasteiger charge is 2.11. The zero-order valence-electron chi connectivity index (χ0n) is 7.55. The Labute approximate surface area is 79.8 Å². The lowest BCUT2D eigenvalue weighted by Crippen LogP contribution is -1.98. The van der Waals surface area contributed by atoms with Crippen LogP contribution in [0.1, 0.15) is 0 Å². The third-order valence-corrected chi connectivity index (χ3v) is 1.74. The van der Waals surface area contributed by atoms with E-state index in [-0.39, 0.29) is 5.82 Å². The molecule has 4 N–H and O–H groups in total. The molecule has 14 heavy (non-hydrogen) atoms. The summed E-state index contributed by atoms with van der Waals surface area (Å²) in [5.41, 5.74) is 11.6. The van der Waals surface area contributed by atoms with Gasteiger partial charge in [0.05, 0.1) is 0 Å². The summed E-state index contributed by atoms with van der Waals surface area (Å²) in [4.78, 5) is 11.9. The smallest absolute Gasteiger partial charge is 0.218 e. The molecule has 0 atom stereocenters. The SMILES string of the molecule is Cn1nc(-c2nccnc2N)nc1N. The minimum absolute atomic E-state index is 0.290. The highest BCUT2D eigenvalue weighted by atomic mass is 15.4. The maximum absolute atomic E-state index is 5.61. The number of hydrogen-bond acceptors (Lipinski definition) is 6. The molecular weight excluding hydrogens is 182 g/mol. The Morgan fingerprint density at radius 3 is 2.50 bits per heavy atom. The molecule has 0 bridgehead atoms. The van der Waals surface area contributed by atoms with Gasteiger partial charge in [0.15, 0.2) is 11.5 Å². The Balaban J connectivity index is 2.55. The van der Waals surface area contributed by atoms with E-state index in [9.17, 15) is 0 Å². The first-order valence-electron chi connectivity index (χ1n) is 3.92. The van der Waals surface area contributed by atoms with Crippen molar-refractivity contribution in [3.63, 3.8) is 0 Å². The van der Waals surface area contributed by atoms with E-state index >= 15 is 0 Å². The van der Waals surface area contributed by atoms with Crippen molar-refractivity contribution in [2.24, 2.45) is 7.05 Å². The van der Waals surface area contributed by atoms with Gasteiger partial charge in [0.2, 0.25) is 11.8 Å². The van der Waals surface area contributed by atoms with E-state index < -0.39 is 0 Å². The fraction of sp³-hybridized carbons (Fsp3) is 0.143. The maximum atomic E-state index is 5.61. The van der Waals surface area contributed by atoms with Crippen molar-refractivity contribution < 1.29 is 0 Å². The number of rotatable bonds is 1. The van der Waals surface area contributed by atoms with Crippen LogP contribution in [0.3, 0.4) is 0 Å². The maximum Gasteiger partial charge on any atom is 0.218 e. The molecule has 7 heteroatoms. The highest BCUT2D eigenvalue weighted by Crippen LogP contribution is 2.17. The molecule has 2 rings (SSSR count). The molecule has 7 nitrogen and oxygen atoms in total. The van der Waals surface area contributed by atoms with E-state index in [2.05, 4.69) is 20.1 Å². The quantitative estimate of drug-likeness (QED) is 0.625. The largest absolute Gasteiger partial charge is 0.382 e. The Morgan fingerprint density at radius 1 is 1.21 bits per heavy atom. The predicted octanol–water partition coefficient (Wildman–Crippen LogP) is -0.564. The van der Waals surface area contributed by atoms with Crippen LogP contribution >= 0.6 is 0 Å². The highest BCUT2D eigenvalue weighted by molar-refractivity contribution is 5.63. The molecule has 0 radical (unpaired) electrons. The lowest BCUT2D eigenvalue weighted by Gasteiger charge is -1.96. The van der Waals surface area contributed by atoms with Crippen molar-refractivity contribution >= 4 is 11.8 Å². The number of nitrogens with two attached hydrogens (primary N) is 2. The summed E-state index contributed by atoms with van der Waals surface area (Å²) in [5, 5.41) is 4.04. The van der Waals surface area contributed by atoms with Crippen LogP contribution < -0.4 is 11.5 Å². The molecule has 2 heterocycles. The van der Waals surface area contributed by atoms with Gasteiger partial charge in [0.25, 0.3) is 0 Å². The van der Waals surface area contributed by atoms with Crippen molar-refractivity contribution in [1.82, 2.24) is 24.7 Å². The van der Waals surface area contributed by atoms with Crippen molar-refractivity contribution in [2.45, 2.75) is 0 Å². The second kappa shape index (κ2) is 2.95. The standard InChI is InChI=1S/C7H9N7/c1-14-7(9)12-6(13-14)4-5(8)11-3-2-10-4/h2-3H,1H3,(H2,8,11)(H2,9,12,13). The van der Waals surface area contributed by atoms with Crippen molar-refractivity contribution in [1.29, 1.82) is 0 Å². The number of aromatic nitrogens is 5. The summed E-state index contributed by atoms with van der Waals surface area (Å²) in [5.74, 6) is 0.985. The Hall–Kier alpha value is -2.18. The van der Waals surface area contributed by atoms with Gasteiger partial charge in [-0.25, -0.2) is 14.6 Å². The molecule has 72 valence electrons. The lowest BCUT2D eigenvalue weighted by molar-refractivity contribution is 0.780. The molecule has 0 aliphatic rings. The van der Waals surface area contributed by atoms with Crippen LogP contribution in [0.4, 0.5) is 11.8 Å². The molecule has 2 aromatic heterocycles. The normalized spacial score (nSPS) is 10.4. The van der Waals surface area contributed by atoms with Crippen LogP contribution in [-0.4, -0.2) is 24.7 Å². The van der Waals surface area contributed by atoms with E-state index in [0.29, 0.717) is 17.5 Å². The van der Waals surface area contributed by atoms with Gasteiger partial charge in [-0.15, -0.1) is 5.10 Å². The second-order valence-electron chi connectivity index (χ2n) is 2.71. The summed E-state index contributed by atoms with van der Waals surface area (Å²) < 4.78 is 1.45. The number of aryl methyl sites for hydroxylation is 1. The summed E-state index contributed by atoms with van der Waals surface area (Å²) in [6.07, 6.45) is 3.03. The molecule has 0 aromatic carbocycles. The predicted molar refractivity (Wildman–Crippen MR) is 50.9 cm³/mol. The molecule has 0 fully saturated rings. The minimum Gasteiger partial charge on any atom is -0.382 e. The van der Waals surface area contributed by atoms with E-state index in [4.69, 9.17) is 11.5 Å². The van der Waals surface area contributed by atoms with E-state index in [0.717, 1.165) is 0 Å². The molecule has 0 unspecified atom stereocenters. The van der Waals surface area contributed by atoms with Crippen LogP contribution in [-0.2, 0) is 7.05 Å². The van der Waals surface area contributed by atoms with Gasteiger partial charge in [-0.3, -0.25) is 0 Å². The second-order valence-corrected chi connectivity index (χ2v) is 2.71. The van der Waals surface area contributed by atoms with Gasteiger partial charge in [0.1, 0.15) is 0 Å². The van der Waals surface area contributed by atoms with Crippen molar-refractivity contribution in [2.75, 3.05) is 11.5 Å². The molecule has 0 amide bonds.